The number of hydrogen-bond donors (Lipinski definition) is 1. The van der Waals surface area contributed by atoms with Crippen LogP contribution in [0.2, 0.25) is 0 Å². The minimum atomic E-state index is -0.439. The van der Waals surface area contributed by atoms with Gasteiger partial charge in [0.25, 0.3) is 5.91 Å². The van der Waals surface area contributed by atoms with Crippen LogP contribution in [0.25, 0.3) is 0 Å². The molecular weight excluding hydrogens is 362 g/mol. The molecule has 1 aliphatic heterocycles. The number of methoxy groups -OCH3 is 1. The molecular formula is C19H21N5O4. The summed E-state index contributed by atoms with van der Waals surface area (Å²) in [6, 6.07) is 6.38. The summed E-state index contributed by atoms with van der Waals surface area (Å²) in [4.78, 5) is 47.5. The highest BCUT2D eigenvalue weighted by molar-refractivity contribution is 6.04. The molecule has 0 radical (unpaired) electrons. The van der Waals surface area contributed by atoms with Crippen LogP contribution in [-0.4, -0.2) is 65.9 Å². The van der Waals surface area contributed by atoms with Crippen LogP contribution in [0.4, 0.5) is 11.6 Å². The van der Waals surface area contributed by atoms with Crippen LogP contribution in [0.3, 0.4) is 0 Å². The van der Waals surface area contributed by atoms with Gasteiger partial charge >= 0.3 is 5.97 Å². The number of piperazine rings is 1. The third kappa shape index (κ3) is 4.43. The Labute approximate surface area is 162 Å². The molecule has 0 bridgehead atoms. The maximum absolute atomic E-state index is 12.4. The average molecular weight is 383 g/mol. The lowest BCUT2D eigenvalue weighted by Gasteiger charge is -2.34. The number of nitrogens with one attached hydrogen (secondary N) is 1. The van der Waals surface area contributed by atoms with Gasteiger partial charge in [-0.3, -0.25) is 9.59 Å². The number of esters is 1. The lowest BCUT2D eigenvalue weighted by molar-refractivity contribution is -0.129. The first-order chi connectivity index (χ1) is 13.5. The van der Waals surface area contributed by atoms with Crippen molar-refractivity contribution < 1.29 is 19.1 Å². The molecule has 1 fully saturated rings. The summed E-state index contributed by atoms with van der Waals surface area (Å²) in [5.74, 6) is -0.195. The standard InChI is InChI=1S/C19H21N5O4/c1-13(25)23-7-9-24(10-8-23)19-20-11-15(12-21-19)17(26)22-16-5-3-14(4-6-16)18(27)28-2/h3-6,11-12H,7-10H2,1-2H3,(H,22,26). The van der Waals surface area contributed by atoms with Gasteiger partial charge in [-0.25, -0.2) is 14.8 Å². The van der Waals surface area contributed by atoms with E-state index in [0.29, 0.717) is 48.9 Å². The number of rotatable bonds is 4. The number of hydrogen-bond acceptors (Lipinski definition) is 7. The van der Waals surface area contributed by atoms with E-state index in [1.807, 2.05) is 4.90 Å². The van der Waals surface area contributed by atoms with E-state index in [-0.39, 0.29) is 11.8 Å². The van der Waals surface area contributed by atoms with E-state index >= 15 is 0 Å². The Hall–Kier alpha value is -3.49. The molecule has 0 atom stereocenters. The van der Waals surface area contributed by atoms with Crippen molar-refractivity contribution in [2.75, 3.05) is 43.5 Å². The van der Waals surface area contributed by atoms with Crippen LogP contribution in [0, 0.1) is 0 Å². The zero-order chi connectivity index (χ0) is 20.1. The molecule has 2 amide bonds. The number of carbonyl (C=O) groups excluding carboxylic acids is 3. The molecule has 2 heterocycles. The predicted molar refractivity (Wildman–Crippen MR) is 102 cm³/mol. The smallest absolute Gasteiger partial charge is 0.337 e. The Morgan fingerprint density at radius 2 is 1.57 bits per heavy atom. The van der Waals surface area contributed by atoms with Crippen LogP contribution in [0.1, 0.15) is 27.6 Å². The second-order valence-electron chi connectivity index (χ2n) is 6.29. The first-order valence-corrected chi connectivity index (χ1v) is 8.80. The number of nitrogens with zero attached hydrogens (tertiary/aromatic N) is 4. The zero-order valence-electron chi connectivity index (χ0n) is 15.7. The van der Waals surface area contributed by atoms with Crippen LogP contribution in [0.5, 0.6) is 0 Å². The van der Waals surface area contributed by atoms with Gasteiger partial charge in [-0.2, -0.15) is 0 Å². The molecule has 1 aliphatic rings. The van der Waals surface area contributed by atoms with Crippen LogP contribution in [-0.2, 0) is 9.53 Å². The molecule has 1 aromatic carbocycles. The third-order valence-electron chi connectivity index (χ3n) is 4.47. The van der Waals surface area contributed by atoms with Gasteiger partial charge in [-0.15, -0.1) is 0 Å². The molecule has 2 aromatic rings. The quantitative estimate of drug-likeness (QED) is 0.791. The minimum absolute atomic E-state index is 0.0622. The normalized spacial score (nSPS) is 13.8. The molecule has 0 unspecified atom stereocenters. The van der Waals surface area contributed by atoms with E-state index in [9.17, 15) is 14.4 Å². The van der Waals surface area contributed by atoms with E-state index in [4.69, 9.17) is 0 Å². The minimum Gasteiger partial charge on any atom is -0.465 e. The zero-order valence-corrected chi connectivity index (χ0v) is 15.7. The first-order valence-electron chi connectivity index (χ1n) is 8.80. The molecule has 3 rings (SSSR count). The molecule has 9 nitrogen and oxygen atoms in total. The topological polar surface area (TPSA) is 105 Å². The highest BCUT2D eigenvalue weighted by Gasteiger charge is 2.20. The van der Waals surface area contributed by atoms with E-state index in [1.54, 1.807) is 36.1 Å². The molecule has 1 saturated heterocycles. The van der Waals surface area contributed by atoms with Gasteiger partial charge in [-0.05, 0) is 24.3 Å². The highest BCUT2D eigenvalue weighted by Crippen LogP contribution is 2.14. The summed E-state index contributed by atoms with van der Waals surface area (Å²) in [6.45, 7) is 4.11. The maximum Gasteiger partial charge on any atom is 0.337 e. The third-order valence-corrected chi connectivity index (χ3v) is 4.47. The van der Waals surface area contributed by atoms with Gasteiger partial charge in [0.2, 0.25) is 11.9 Å². The summed E-state index contributed by atoms with van der Waals surface area (Å²) >= 11 is 0. The first kappa shape index (κ1) is 19.3. The molecule has 0 spiro atoms. The van der Waals surface area contributed by atoms with Gasteiger partial charge in [0, 0.05) is 51.2 Å². The predicted octanol–water partition coefficient (Wildman–Crippen LogP) is 1.18. The molecule has 1 aromatic heterocycles. The van der Waals surface area contributed by atoms with Crippen molar-refractivity contribution >= 4 is 29.4 Å². The van der Waals surface area contributed by atoms with Crippen LogP contribution in [0.15, 0.2) is 36.7 Å². The van der Waals surface area contributed by atoms with E-state index in [0.717, 1.165) is 0 Å². The van der Waals surface area contributed by atoms with Crippen LogP contribution >= 0.6 is 0 Å². The summed E-state index contributed by atoms with van der Waals surface area (Å²) < 4.78 is 4.64. The lowest BCUT2D eigenvalue weighted by Crippen LogP contribution is -2.48. The summed E-state index contributed by atoms with van der Waals surface area (Å²) in [5.41, 5.74) is 1.27. The van der Waals surface area contributed by atoms with Gasteiger partial charge in [0.15, 0.2) is 0 Å². The SMILES string of the molecule is COC(=O)c1ccc(NC(=O)c2cnc(N3CCN(C(C)=O)CC3)nc2)cc1. The molecule has 9 heteroatoms. The van der Waals surface area contributed by atoms with E-state index < -0.39 is 5.97 Å². The number of carbonyl (C=O) groups is 3. The Bertz CT molecular complexity index is 859. The monoisotopic (exact) mass is 383 g/mol. The summed E-state index contributed by atoms with van der Waals surface area (Å²) in [5, 5.41) is 2.73. The fourth-order valence-corrected chi connectivity index (χ4v) is 2.83. The second kappa shape index (κ2) is 8.47. The molecule has 1 N–H and O–H groups in total. The van der Waals surface area contributed by atoms with Crippen LogP contribution < -0.4 is 10.2 Å². The number of amides is 2. The van der Waals surface area contributed by atoms with E-state index in [1.165, 1.54) is 19.5 Å². The Morgan fingerprint density at radius 1 is 0.964 bits per heavy atom. The molecule has 0 aliphatic carbocycles. The molecule has 28 heavy (non-hydrogen) atoms. The fraction of sp³-hybridized carbons (Fsp3) is 0.316. The van der Waals surface area contributed by atoms with E-state index in [2.05, 4.69) is 20.0 Å². The highest BCUT2D eigenvalue weighted by atomic mass is 16.5. The lowest BCUT2D eigenvalue weighted by atomic mass is 10.2. The largest absolute Gasteiger partial charge is 0.465 e. The summed E-state index contributed by atoms with van der Waals surface area (Å²) in [7, 11) is 1.31. The maximum atomic E-state index is 12.4. The molecule has 146 valence electrons. The van der Waals surface area contributed by atoms with Gasteiger partial charge < -0.3 is 19.9 Å². The average Bonchev–Trinajstić information content (AvgIpc) is 2.74. The van der Waals surface area contributed by atoms with Crippen molar-refractivity contribution in [3.05, 3.63) is 47.8 Å². The van der Waals surface area contributed by atoms with Gasteiger partial charge in [0.05, 0.1) is 18.2 Å². The Balaban J connectivity index is 1.59. The van der Waals surface area contributed by atoms with Crippen molar-refractivity contribution in [2.45, 2.75) is 6.92 Å². The number of ether oxygens (including phenoxy) is 1. The molecule has 0 saturated carbocycles. The fourth-order valence-electron chi connectivity index (χ4n) is 2.83. The second-order valence-corrected chi connectivity index (χ2v) is 6.29. The van der Waals surface area contributed by atoms with Gasteiger partial charge in [0.1, 0.15) is 0 Å². The summed E-state index contributed by atoms with van der Waals surface area (Å²) in [6.07, 6.45) is 2.94. The Morgan fingerprint density at radius 3 is 2.11 bits per heavy atom. The van der Waals surface area contributed by atoms with Crippen molar-refractivity contribution in [1.82, 2.24) is 14.9 Å². The van der Waals surface area contributed by atoms with Crippen molar-refractivity contribution in [1.29, 1.82) is 0 Å². The number of benzene rings is 1. The Kier molecular flexibility index (Phi) is 5.83. The number of anilines is 2. The van der Waals surface area contributed by atoms with Gasteiger partial charge in [-0.1, -0.05) is 0 Å². The van der Waals surface area contributed by atoms with Crippen molar-refractivity contribution in [3.8, 4) is 0 Å². The number of aromatic nitrogens is 2. The van der Waals surface area contributed by atoms with Crippen molar-refractivity contribution in [2.24, 2.45) is 0 Å². The van der Waals surface area contributed by atoms with Crippen molar-refractivity contribution in [3.63, 3.8) is 0 Å².